The van der Waals surface area contributed by atoms with E-state index in [0.717, 1.165) is 22.5 Å². The summed E-state index contributed by atoms with van der Waals surface area (Å²) in [4.78, 5) is 23.3. The number of carbonyl (C=O) groups is 1. The molecule has 1 aliphatic rings. The molecule has 4 rings (SSSR count). The number of carbonyl (C=O) groups excluding carboxylic acids is 1. The van der Waals surface area contributed by atoms with E-state index in [1.807, 2.05) is 66.7 Å². The van der Waals surface area contributed by atoms with Gasteiger partial charge in [-0.3, -0.25) is 14.7 Å². The highest BCUT2D eigenvalue weighted by molar-refractivity contribution is 6.09. The molecule has 1 unspecified atom stereocenters. The van der Waals surface area contributed by atoms with E-state index in [-0.39, 0.29) is 11.9 Å². The summed E-state index contributed by atoms with van der Waals surface area (Å²) in [7, 11) is 1.64. The molecule has 27 heavy (non-hydrogen) atoms. The van der Waals surface area contributed by atoms with Crippen LogP contribution in [-0.2, 0) is 10.3 Å². The summed E-state index contributed by atoms with van der Waals surface area (Å²) in [5.74, 6) is 0.0270. The van der Waals surface area contributed by atoms with Gasteiger partial charge in [0.1, 0.15) is 0 Å². The fraction of sp³-hybridized carbons (Fsp3) is 0.0952. The monoisotopic (exact) mass is 357 g/mol. The average Bonchev–Trinajstić information content (AvgIpc) is 2.95. The Morgan fingerprint density at radius 3 is 2.37 bits per heavy atom. The first-order valence-electron chi connectivity index (χ1n) is 8.58. The molecule has 1 aliphatic heterocycles. The molecule has 6 nitrogen and oxygen atoms in total. The molecule has 0 spiro atoms. The number of hydrogen-bond donors (Lipinski definition) is 2. The largest absolute Gasteiger partial charge is 0.369 e. The van der Waals surface area contributed by atoms with Gasteiger partial charge in [0.2, 0.25) is 0 Å². The number of nitrogens with one attached hydrogen (secondary N) is 1. The lowest BCUT2D eigenvalue weighted by molar-refractivity contribution is -0.129. The van der Waals surface area contributed by atoms with Crippen molar-refractivity contribution in [3.63, 3.8) is 0 Å². The van der Waals surface area contributed by atoms with Gasteiger partial charge in [-0.2, -0.15) is 0 Å². The molecule has 2 heterocycles. The van der Waals surface area contributed by atoms with Crippen molar-refractivity contribution in [3.8, 4) is 0 Å². The van der Waals surface area contributed by atoms with Gasteiger partial charge < -0.3 is 11.1 Å². The minimum Gasteiger partial charge on any atom is -0.369 e. The molecule has 134 valence electrons. The minimum atomic E-state index is -1.19. The number of guanidine groups is 1. The van der Waals surface area contributed by atoms with Crippen LogP contribution in [0, 0.1) is 0 Å². The van der Waals surface area contributed by atoms with Crippen molar-refractivity contribution in [2.24, 2.45) is 10.7 Å². The van der Waals surface area contributed by atoms with Crippen molar-refractivity contribution < 1.29 is 4.79 Å². The Morgan fingerprint density at radius 2 is 1.70 bits per heavy atom. The van der Waals surface area contributed by atoms with E-state index in [2.05, 4.69) is 15.3 Å². The molecule has 1 atom stereocenters. The number of aliphatic imine (C=N–C) groups is 1. The first-order chi connectivity index (χ1) is 13.1. The molecule has 0 bridgehead atoms. The van der Waals surface area contributed by atoms with E-state index < -0.39 is 5.54 Å². The summed E-state index contributed by atoms with van der Waals surface area (Å²) < 4.78 is 0. The lowest BCUT2D eigenvalue weighted by Gasteiger charge is -2.26. The molecule has 3 N–H and O–H groups in total. The Morgan fingerprint density at radius 1 is 0.963 bits per heavy atom. The lowest BCUT2D eigenvalue weighted by Crippen LogP contribution is -2.41. The average molecular weight is 357 g/mol. The second-order valence-corrected chi connectivity index (χ2v) is 6.36. The van der Waals surface area contributed by atoms with Crippen LogP contribution in [0.5, 0.6) is 0 Å². The van der Waals surface area contributed by atoms with Crippen LogP contribution < -0.4 is 11.1 Å². The van der Waals surface area contributed by atoms with Gasteiger partial charge in [-0.1, -0.05) is 42.5 Å². The predicted molar refractivity (Wildman–Crippen MR) is 106 cm³/mol. The Balaban J connectivity index is 1.83. The normalized spacial score (nSPS) is 19.1. The summed E-state index contributed by atoms with van der Waals surface area (Å²) in [6.07, 6.45) is 3.46. The second-order valence-electron chi connectivity index (χ2n) is 6.36. The third-order valence-electron chi connectivity index (χ3n) is 4.66. The molecular formula is C21H19N5O. The van der Waals surface area contributed by atoms with E-state index in [9.17, 15) is 4.79 Å². The zero-order valence-corrected chi connectivity index (χ0v) is 14.8. The van der Waals surface area contributed by atoms with Crippen LogP contribution in [0.25, 0.3) is 0 Å². The first-order valence-corrected chi connectivity index (χ1v) is 8.58. The van der Waals surface area contributed by atoms with E-state index in [1.165, 1.54) is 4.90 Å². The second kappa shape index (κ2) is 6.57. The number of anilines is 2. The fourth-order valence-corrected chi connectivity index (χ4v) is 3.29. The molecule has 0 aliphatic carbocycles. The molecule has 3 aromatic rings. The lowest BCUT2D eigenvalue weighted by atomic mass is 9.82. The SMILES string of the molecule is CN1C(=O)C(c2ccccc2)(c2cccc(Nc3cccnc3)c2)N=C1N. The minimum absolute atomic E-state index is 0.176. The van der Waals surface area contributed by atoms with E-state index in [4.69, 9.17) is 5.73 Å². The van der Waals surface area contributed by atoms with Gasteiger partial charge in [-0.25, -0.2) is 4.99 Å². The van der Waals surface area contributed by atoms with Gasteiger partial charge in [-0.05, 0) is 35.4 Å². The molecule has 0 saturated heterocycles. The Bertz CT molecular complexity index is 1000. The molecule has 6 heteroatoms. The third kappa shape index (κ3) is 2.81. The predicted octanol–water partition coefficient (Wildman–Crippen LogP) is 2.86. The number of nitrogens with zero attached hydrogens (tertiary/aromatic N) is 3. The summed E-state index contributed by atoms with van der Waals surface area (Å²) in [6, 6.07) is 20.9. The number of pyridine rings is 1. The van der Waals surface area contributed by atoms with Crippen molar-refractivity contribution in [3.05, 3.63) is 90.3 Å². The maximum Gasteiger partial charge on any atom is 0.266 e. The van der Waals surface area contributed by atoms with E-state index in [1.54, 1.807) is 19.4 Å². The third-order valence-corrected chi connectivity index (χ3v) is 4.66. The molecule has 0 saturated carbocycles. The molecule has 2 aromatic carbocycles. The van der Waals surface area contributed by atoms with Crippen molar-refractivity contribution in [1.29, 1.82) is 0 Å². The molecule has 0 radical (unpaired) electrons. The van der Waals surface area contributed by atoms with Gasteiger partial charge in [0.15, 0.2) is 11.5 Å². The van der Waals surface area contributed by atoms with Crippen LogP contribution in [0.1, 0.15) is 11.1 Å². The van der Waals surface area contributed by atoms with Gasteiger partial charge in [0.25, 0.3) is 5.91 Å². The topological polar surface area (TPSA) is 83.6 Å². The van der Waals surface area contributed by atoms with Crippen molar-refractivity contribution in [1.82, 2.24) is 9.88 Å². The van der Waals surface area contributed by atoms with Crippen LogP contribution in [0.3, 0.4) is 0 Å². The summed E-state index contributed by atoms with van der Waals surface area (Å²) in [5, 5.41) is 3.31. The number of likely N-dealkylation sites (N-methyl/N-ethyl adjacent to an activating group) is 1. The fourth-order valence-electron chi connectivity index (χ4n) is 3.29. The number of aromatic nitrogens is 1. The van der Waals surface area contributed by atoms with Gasteiger partial charge >= 0.3 is 0 Å². The van der Waals surface area contributed by atoms with Gasteiger partial charge in [-0.15, -0.1) is 0 Å². The first kappa shape index (κ1) is 16.8. The molecule has 0 fully saturated rings. The van der Waals surface area contributed by atoms with Crippen LogP contribution in [0.2, 0.25) is 0 Å². The number of benzene rings is 2. The number of hydrogen-bond acceptors (Lipinski definition) is 5. The highest BCUT2D eigenvalue weighted by Crippen LogP contribution is 2.40. The van der Waals surface area contributed by atoms with Crippen LogP contribution >= 0.6 is 0 Å². The summed E-state index contributed by atoms with van der Waals surface area (Å²) >= 11 is 0. The van der Waals surface area contributed by atoms with E-state index >= 15 is 0 Å². The Kier molecular flexibility index (Phi) is 4.08. The number of amides is 1. The Hall–Kier alpha value is -3.67. The van der Waals surface area contributed by atoms with Crippen molar-refractivity contribution in [2.45, 2.75) is 5.54 Å². The standard InChI is InChI=1S/C21H19N5O/c1-26-19(27)21(25-20(26)22,15-7-3-2-4-8-15)16-9-5-10-17(13-16)24-18-11-6-12-23-14-18/h2-14,24H,1H3,(H2,22,25). The van der Waals surface area contributed by atoms with Crippen LogP contribution in [0.4, 0.5) is 11.4 Å². The van der Waals surface area contributed by atoms with Crippen molar-refractivity contribution in [2.75, 3.05) is 12.4 Å². The Labute approximate surface area is 157 Å². The van der Waals surface area contributed by atoms with Crippen LogP contribution in [0.15, 0.2) is 84.1 Å². The summed E-state index contributed by atoms with van der Waals surface area (Å²) in [5.41, 5.74) is 8.05. The molecular weight excluding hydrogens is 338 g/mol. The van der Waals surface area contributed by atoms with Crippen LogP contribution in [-0.4, -0.2) is 28.8 Å². The maximum absolute atomic E-state index is 13.2. The zero-order chi connectivity index (χ0) is 18.9. The number of rotatable bonds is 4. The quantitative estimate of drug-likeness (QED) is 0.752. The maximum atomic E-state index is 13.2. The zero-order valence-electron chi connectivity index (χ0n) is 14.8. The van der Waals surface area contributed by atoms with Gasteiger partial charge in [0.05, 0.1) is 11.9 Å². The van der Waals surface area contributed by atoms with Gasteiger partial charge in [0, 0.05) is 18.9 Å². The number of nitrogens with two attached hydrogens (primary N) is 1. The smallest absolute Gasteiger partial charge is 0.266 e. The molecule has 1 aromatic heterocycles. The highest BCUT2D eigenvalue weighted by Gasteiger charge is 2.49. The van der Waals surface area contributed by atoms with Crippen molar-refractivity contribution >= 4 is 23.2 Å². The highest BCUT2D eigenvalue weighted by atomic mass is 16.2. The molecule has 1 amide bonds. The summed E-state index contributed by atoms with van der Waals surface area (Å²) in [6.45, 7) is 0. The van der Waals surface area contributed by atoms with E-state index in [0.29, 0.717) is 0 Å².